The molecule has 0 saturated heterocycles. The highest BCUT2D eigenvalue weighted by molar-refractivity contribution is 4.73. The van der Waals surface area contributed by atoms with Crippen molar-refractivity contribution < 1.29 is 0 Å². The zero-order chi connectivity index (χ0) is 9.78. The SMILES string of the molecule is CCC(CN)N(C)CC(C)(C)C. The van der Waals surface area contributed by atoms with Gasteiger partial charge in [0.1, 0.15) is 0 Å². The maximum atomic E-state index is 5.66. The molecule has 0 rings (SSSR count). The van der Waals surface area contributed by atoms with Crippen LogP contribution in [0.15, 0.2) is 0 Å². The van der Waals surface area contributed by atoms with Gasteiger partial charge in [-0.1, -0.05) is 27.7 Å². The van der Waals surface area contributed by atoms with Gasteiger partial charge in [-0.05, 0) is 18.9 Å². The molecule has 0 aliphatic carbocycles. The van der Waals surface area contributed by atoms with Gasteiger partial charge < -0.3 is 10.6 Å². The minimum atomic E-state index is 0.372. The molecule has 0 saturated carbocycles. The Labute approximate surface area is 77.1 Å². The minimum Gasteiger partial charge on any atom is -0.329 e. The van der Waals surface area contributed by atoms with Crippen molar-refractivity contribution in [2.45, 2.75) is 40.2 Å². The van der Waals surface area contributed by atoms with Gasteiger partial charge in [-0.15, -0.1) is 0 Å². The molecule has 0 heterocycles. The Bertz CT molecular complexity index is 111. The van der Waals surface area contributed by atoms with Crippen molar-refractivity contribution in [2.24, 2.45) is 11.1 Å². The van der Waals surface area contributed by atoms with Crippen LogP contribution in [0.4, 0.5) is 0 Å². The van der Waals surface area contributed by atoms with E-state index in [1.54, 1.807) is 0 Å². The van der Waals surface area contributed by atoms with Gasteiger partial charge in [-0.25, -0.2) is 0 Å². The first-order chi connectivity index (χ1) is 5.40. The molecule has 0 bridgehead atoms. The number of rotatable bonds is 4. The quantitative estimate of drug-likeness (QED) is 0.699. The smallest absolute Gasteiger partial charge is 0.0212 e. The van der Waals surface area contributed by atoms with E-state index < -0.39 is 0 Å². The highest BCUT2D eigenvalue weighted by Gasteiger charge is 2.17. The zero-order valence-corrected chi connectivity index (χ0v) is 9.22. The molecule has 2 N–H and O–H groups in total. The number of nitrogens with two attached hydrogens (primary N) is 1. The molecule has 0 fully saturated rings. The Morgan fingerprint density at radius 2 is 1.83 bits per heavy atom. The van der Waals surface area contributed by atoms with Crippen LogP contribution >= 0.6 is 0 Å². The lowest BCUT2D eigenvalue weighted by atomic mass is 9.95. The maximum absolute atomic E-state index is 5.66. The molecule has 0 aliphatic rings. The Morgan fingerprint density at radius 3 is 2.08 bits per heavy atom. The standard InChI is InChI=1S/C10H24N2/c1-6-9(7-11)12(5)8-10(2,3)4/h9H,6-8,11H2,1-5H3. The third-order valence-electron chi connectivity index (χ3n) is 2.09. The molecule has 2 nitrogen and oxygen atoms in total. The van der Waals surface area contributed by atoms with Crippen molar-refractivity contribution in [3.8, 4) is 0 Å². The van der Waals surface area contributed by atoms with Crippen LogP contribution in [0.25, 0.3) is 0 Å². The summed E-state index contributed by atoms with van der Waals surface area (Å²) in [5.41, 5.74) is 6.03. The monoisotopic (exact) mass is 172 g/mol. The first kappa shape index (κ1) is 11.9. The molecule has 0 aliphatic heterocycles. The lowest BCUT2D eigenvalue weighted by Crippen LogP contribution is -2.41. The molecule has 0 aromatic rings. The third kappa shape index (κ3) is 4.73. The summed E-state index contributed by atoms with van der Waals surface area (Å²) >= 11 is 0. The largest absolute Gasteiger partial charge is 0.329 e. The lowest BCUT2D eigenvalue weighted by Gasteiger charge is -2.32. The maximum Gasteiger partial charge on any atom is 0.0212 e. The molecule has 1 atom stereocenters. The van der Waals surface area contributed by atoms with Crippen LogP contribution in [0.1, 0.15) is 34.1 Å². The number of nitrogens with zero attached hydrogens (tertiary/aromatic N) is 1. The van der Waals surface area contributed by atoms with Crippen molar-refractivity contribution in [2.75, 3.05) is 20.1 Å². The summed E-state index contributed by atoms with van der Waals surface area (Å²) in [5.74, 6) is 0. The third-order valence-corrected chi connectivity index (χ3v) is 2.09. The fraction of sp³-hybridized carbons (Fsp3) is 1.00. The van der Waals surface area contributed by atoms with Gasteiger partial charge in [-0.3, -0.25) is 0 Å². The highest BCUT2D eigenvalue weighted by atomic mass is 15.1. The van der Waals surface area contributed by atoms with E-state index in [1.165, 1.54) is 0 Å². The van der Waals surface area contributed by atoms with Crippen LogP contribution in [-0.2, 0) is 0 Å². The second-order valence-corrected chi connectivity index (χ2v) is 4.77. The second kappa shape index (κ2) is 4.83. The number of hydrogen-bond acceptors (Lipinski definition) is 2. The fourth-order valence-electron chi connectivity index (χ4n) is 1.54. The van der Waals surface area contributed by atoms with Crippen molar-refractivity contribution in [3.63, 3.8) is 0 Å². The first-order valence-corrected chi connectivity index (χ1v) is 4.81. The number of hydrogen-bond donors (Lipinski definition) is 1. The summed E-state index contributed by atoms with van der Waals surface area (Å²) in [6.45, 7) is 10.8. The molecule has 0 amide bonds. The summed E-state index contributed by atoms with van der Waals surface area (Å²) in [5, 5.41) is 0. The van der Waals surface area contributed by atoms with Gasteiger partial charge in [-0.2, -0.15) is 0 Å². The molecular formula is C10H24N2. The Morgan fingerprint density at radius 1 is 1.33 bits per heavy atom. The van der Waals surface area contributed by atoms with E-state index in [0.29, 0.717) is 11.5 Å². The van der Waals surface area contributed by atoms with Crippen LogP contribution < -0.4 is 5.73 Å². The van der Waals surface area contributed by atoms with E-state index in [-0.39, 0.29) is 0 Å². The fourth-order valence-corrected chi connectivity index (χ4v) is 1.54. The molecule has 1 unspecified atom stereocenters. The van der Waals surface area contributed by atoms with Gasteiger partial charge in [0.15, 0.2) is 0 Å². The Kier molecular flexibility index (Phi) is 4.80. The van der Waals surface area contributed by atoms with E-state index in [0.717, 1.165) is 19.5 Å². The number of likely N-dealkylation sites (N-methyl/N-ethyl adjacent to an activating group) is 1. The Hall–Kier alpha value is -0.0800. The highest BCUT2D eigenvalue weighted by Crippen LogP contribution is 2.16. The molecule has 74 valence electrons. The predicted octanol–water partition coefficient (Wildman–Crippen LogP) is 1.70. The summed E-state index contributed by atoms with van der Waals surface area (Å²) < 4.78 is 0. The first-order valence-electron chi connectivity index (χ1n) is 4.81. The molecule has 0 aromatic heterocycles. The molecule has 12 heavy (non-hydrogen) atoms. The second-order valence-electron chi connectivity index (χ2n) is 4.77. The lowest BCUT2D eigenvalue weighted by molar-refractivity contribution is 0.171. The predicted molar refractivity (Wildman–Crippen MR) is 55.2 cm³/mol. The van der Waals surface area contributed by atoms with Gasteiger partial charge in [0.05, 0.1) is 0 Å². The van der Waals surface area contributed by atoms with Crippen LogP contribution in [-0.4, -0.2) is 31.1 Å². The van der Waals surface area contributed by atoms with Gasteiger partial charge >= 0.3 is 0 Å². The van der Waals surface area contributed by atoms with E-state index in [1.807, 2.05) is 0 Å². The molecule has 0 aromatic carbocycles. The van der Waals surface area contributed by atoms with Crippen molar-refractivity contribution in [3.05, 3.63) is 0 Å². The van der Waals surface area contributed by atoms with Crippen LogP contribution in [0.5, 0.6) is 0 Å². The summed E-state index contributed by atoms with van der Waals surface area (Å²) in [4.78, 5) is 2.36. The Balaban J connectivity index is 3.92. The molecular weight excluding hydrogens is 148 g/mol. The summed E-state index contributed by atoms with van der Waals surface area (Å²) in [7, 11) is 2.16. The zero-order valence-electron chi connectivity index (χ0n) is 9.22. The molecule has 0 spiro atoms. The normalized spacial score (nSPS) is 15.2. The van der Waals surface area contributed by atoms with E-state index in [2.05, 4.69) is 39.6 Å². The average Bonchev–Trinajstić information content (AvgIpc) is 1.85. The van der Waals surface area contributed by atoms with Gasteiger partial charge in [0, 0.05) is 19.1 Å². The topological polar surface area (TPSA) is 29.3 Å². The van der Waals surface area contributed by atoms with Crippen LogP contribution in [0.2, 0.25) is 0 Å². The average molecular weight is 172 g/mol. The van der Waals surface area contributed by atoms with Crippen molar-refractivity contribution in [1.29, 1.82) is 0 Å². The summed E-state index contributed by atoms with van der Waals surface area (Å²) in [6, 6.07) is 0.546. The van der Waals surface area contributed by atoms with Gasteiger partial charge in [0.25, 0.3) is 0 Å². The molecule has 0 radical (unpaired) electrons. The van der Waals surface area contributed by atoms with Crippen molar-refractivity contribution >= 4 is 0 Å². The van der Waals surface area contributed by atoms with E-state index >= 15 is 0 Å². The van der Waals surface area contributed by atoms with Crippen LogP contribution in [0.3, 0.4) is 0 Å². The minimum absolute atomic E-state index is 0.372. The molecule has 2 heteroatoms. The van der Waals surface area contributed by atoms with Gasteiger partial charge in [0.2, 0.25) is 0 Å². The van der Waals surface area contributed by atoms with E-state index in [9.17, 15) is 0 Å². The van der Waals surface area contributed by atoms with Crippen molar-refractivity contribution in [1.82, 2.24) is 4.90 Å². The van der Waals surface area contributed by atoms with E-state index in [4.69, 9.17) is 5.73 Å². The summed E-state index contributed by atoms with van der Waals surface area (Å²) in [6.07, 6.45) is 1.14. The van der Waals surface area contributed by atoms with Crippen LogP contribution in [0, 0.1) is 5.41 Å².